The van der Waals surface area contributed by atoms with Crippen LogP contribution in [-0.2, 0) is 25.7 Å². The standard InChI is InChI=1S/C28H37N3O5S/c1-17-24(37-16-30-17)19-8-6-18(7-9-19)12-29-25(34)22-10-20(32)13-31(22)26(35)21(27(2,3)4)11-23(33)28(5)14-36-15-28/h6-9,16,20-22,32H,10-15H2,1-5H3,(H,29,34)/t20-,21-,22+/m1/s1. The summed E-state index contributed by atoms with van der Waals surface area (Å²) in [5.41, 5.74) is 3.78. The maximum Gasteiger partial charge on any atom is 0.243 e. The highest BCUT2D eigenvalue weighted by Crippen LogP contribution is 2.37. The van der Waals surface area contributed by atoms with Gasteiger partial charge in [-0.25, -0.2) is 4.98 Å². The van der Waals surface area contributed by atoms with Gasteiger partial charge in [-0.2, -0.15) is 0 Å². The van der Waals surface area contributed by atoms with Crippen LogP contribution in [0.2, 0.25) is 0 Å². The van der Waals surface area contributed by atoms with Gasteiger partial charge in [0.2, 0.25) is 11.8 Å². The Morgan fingerprint density at radius 1 is 1.24 bits per heavy atom. The predicted molar refractivity (Wildman–Crippen MR) is 142 cm³/mol. The molecule has 2 aromatic rings. The van der Waals surface area contributed by atoms with E-state index >= 15 is 0 Å². The first-order valence-corrected chi connectivity index (χ1v) is 13.6. The number of hydrogen-bond donors (Lipinski definition) is 2. The van der Waals surface area contributed by atoms with Gasteiger partial charge in [0.15, 0.2) is 0 Å². The zero-order chi connectivity index (χ0) is 27.0. The van der Waals surface area contributed by atoms with Crippen molar-refractivity contribution in [1.82, 2.24) is 15.2 Å². The number of aryl methyl sites for hydroxylation is 1. The number of thiazole rings is 1. The van der Waals surface area contributed by atoms with Gasteiger partial charge in [-0.3, -0.25) is 14.4 Å². The average Bonchev–Trinajstić information content (AvgIpc) is 3.43. The molecule has 8 nitrogen and oxygen atoms in total. The lowest BCUT2D eigenvalue weighted by molar-refractivity contribution is -0.160. The van der Waals surface area contributed by atoms with Gasteiger partial charge >= 0.3 is 0 Å². The highest BCUT2D eigenvalue weighted by Gasteiger charge is 2.47. The quantitative estimate of drug-likeness (QED) is 0.545. The summed E-state index contributed by atoms with van der Waals surface area (Å²) in [6.45, 7) is 10.8. The zero-order valence-electron chi connectivity index (χ0n) is 22.2. The third kappa shape index (κ3) is 5.94. The van der Waals surface area contributed by atoms with Gasteiger partial charge in [0, 0.05) is 31.8 Å². The highest BCUT2D eigenvalue weighted by molar-refractivity contribution is 7.13. The minimum absolute atomic E-state index is 0.00439. The molecule has 2 saturated heterocycles. The monoisotopic (exact) mass is 527 g/mol. The van der Waals surface area contributed by atoms with Crippen LogP contribution < -0.4 is 5.32 Å². The van der Waals surface area contributed by atoms with Crippen LogP contribution in [0.4, 0.5) is 0 Å². The first-order valence-electron chi connectivity index (χ1n) is 12.8. The molecule has 37 heavy (non-hydrogen) atoms. The summed E-state index contributed by atoms with van der Waals surface area (Å²) in [4.78, 5) is 46.8. The van der Waals surface area contributed by atoms with Crippen molar-refractivity contribution in [1.29, 1.82) is 0 Å². The molecule has 3 atom stereocenters. The summed E-state index contributed by atoms with van der Waals surface area (Å²) < 4.78 is 5.24. The first-order chi connectivity index (χ1) is 17.4. The fourth-order valence-corrected chi connectivity index (χ4v) is 5.74. The molecule has 9 heteroatoms. The highest BCUT2D eigenvalue weighted by atomic mass is 32.1. The SMILES string of the molecule is Cc1ncsc1-c1ccc(CNC(=O)[C@@H]2C[C@@H](O)CN2C(=O)[C@@H](CC(=O)C2(C)COC2)C(C)(C)C)cc1. The van der Waals surface area contributed by atoms with Crippen molar-refractivity contribution in [3.8, 4) is 10.4 Å². The molecule has 2 N–H and O–H groups in total. The van der Waals surface area contributed by atoms with Crippen LogP contribution in [0.15, 0.2) is 29.8 Å². The Hall–Kier alpha value is -2.62. The molecular formula is C28H37N3O5S. The second kappa shape index (κ2) is 10.6. The Labute approximate surface area is 222 Å². The lowest BCUT2D eigenvalue weighted by atomic mass is 9.72. The van der Waals surface area contributed by atoms with Crippen molar-refractivity contribution in [2.45, 2.75) is 66.2 Å². The Morgan fingerprint density at radius 3 is 2.46 bits per heavy atom. The van der Waals surface area contributed by atoms with E-state index in [0.29, 0.717) is 19.8 Å². The summed E-state index contributed by atoms with van der Waals surface area (Å²) in [5, 5.41) is 13.3. The van der Waals surface area contributed by atoms with Crippen LogP contribution in [0.5, 0.6) is 0 Å². The van der Waals surface area contributed by atoms with Crippen LogP contribution in [0, 0.1) is 23.7 Å². The van der Waals surface area contributed by atoms with Gasteiger partial charge in [0.1, 0.15) is 11.8 Å². The number of carbonyl (C=O) groups excluding carboxylic acids is 3. The van der Waals surface area contributed by atoms with Crippen molar-refractivity contribution in [2.24, 2.45) is 16.7 Å². The molecule has 2 aliphatic heterocycles. The van der Waals surface area contributed by atoms with Crippen molar-refractivity contribution in [3.05, 3.63) is 41.0 Å². The number of hydrogen-bond acceptors (Lipinski definition) is 7. The topological polar surface area (TPSA) is 109 Å². The molecule has 200 valence electrons. The molecule has 0 saturated carbocycles. The number of Topliss-reactive ketones (excluding diaryl/α,β-unsaturated/α-hetero) is 1. The number of β-amino-alcohol motifs (C(OH)–C–C–N with tert-alkyl or cyclic N) is 1. The molecule has 2 aliphatic rings. The van der Waals surface area contributed by atoms with Gasteiger partial charge < -0.3 is 20.1 Å². The van der Waals surface area contributed by atoms with Gasteiger partial charge in [0.25, 0.3) is 0 Å². The molecule has 2 fully saturated rings. The average molecular weight is 528 g/mol. The van der Waals surface area contributed by atoms with E-state index in [9.17, 15) is 19.5 Å². The number of ketones is 1. The van der Waals surface area contributed by atoms with Gasteiger partial charge in [-0.1, -0.05) is 45.0 Å². The first kappa shape index (κ1) is 27.4. The molecule has 0 unspecified atom stereocenters. The molecule has 1 aromatic carbocycles. The number of rotatable bonds is 8. The van der Waals surface area contributed by atoms with Crippen LogP contribution in [0.1, 0.15) is 51.8 Å². The van der Waals surface area contributed by atoms with E-state index in [1.807, 2.05) is 64.4 Å². The van der Waals surface area contributed by atoms with Gasteiger partial charge in [0.05, 0.1) is 40.8 Å². The minimum Gasteiger partial charge on any atom is -0.391 e. The fourth-order valence-electron chi connectivity index (χ4n) is 4.93. The van der Waals surface area contributed by atoms with E-state index in [-0.39, 0.29) is 37.0 Å². The lowest BCUT2D eigenvalue weighted by Crippen LogP contribution is -2.52. The number of carbonyl (C=O) groups is 3. The number of aliphatic hydroxyl groups is 1. The molecular weight excluding hydrogens is 490 g/mol. The van der Waals surface area contributed by atoms with Crippen LogP contribution >= 0.6 is 11.3 Å². The summed E-state index contributed by atoms with van der Waals surface area (Å²) in [5.74, 6) is -1.15. The van der Waals surface area contributed by atoms with Crippen LogP contribution in [0.3, 0.4) is 0 Å². The summed E-state index contributed by atoms with van der Waals surface area (Å²) in [6.07, 6.45) is -0.512. The van der Waals surface area contributed by atoms with E-state index in [0.717, 1.165) is 21.7 Å². The van der Waals surface area contributed by atoms with Crippen LogP contribution in [0.25, 0.3) is 10.4 Å². The second-order valence-corrected chi connectivity index (χ2v) is 12.5. The van der Waals surface area contributed by atoms with E-state index < -0.39 is 28.9 Å². The van der Waals surface area contributed by atoms with Crippen molar-refractivity contribution in [3.63, 3.8) is 0 Å². The van der Waals surface area contributed by atoms with Crippen molar-refractivity contribution in [2.75, 3.05) is 19.8 Å². The normalized spacial score (nSPS) is 21.8. The third-order valence-electron chi connectivity index (χ3n) is 7.54. The summed E-state index contributed by atoms with van der Waals surface area (Å²) in [7, 11) is 0. The van der Waals surface area contributed by atoms with E-state index in [1.54, 1.807) is 11.3 Å². The third-order valence-corrected chi connectivity index (χ3v) is 8.52. The summed E-state index contributed by atoms with van der Waals surface area (Å²) >= 11 is 1.59. The molecule has 4 rings (SSSR count). The smallest absolute Gasteiger partial charge is 0.243 e. The molecule has 2 amide bonds. The summed E-state index contributed by atoms with van der Waals surface area (Å²) in [6, 6.07) is 7.18. The maximum absolute atomic E-state index is 13.7. The predicted octanol–water partition coefficient (Wildman–Crippen LogP) is 3.35. The Balaban J connectivity index is 1.42. The van der Waals surface area contributed by atoms with Crippen LogP contribution in [-0.4, -0.2) is 64.5 Å². The largest absolute Gasteiger partial charge is 0.391 e. The fraction of sp³-hybridized carbons (Fsp3) is 0.571. The molecule has 0 spiro atoms. The minimum atomic E-state index is -0.782. The number of aromatic nitrogens is 1. The van der Waals surface area contributed by atoms with E-state index in [2.05, 4.69) is 10.3 Å². The number of amides is 2. The van der Waals surface area contributed by atoms with Crippen molar-refractivity contribution < 1.29 is 24.2 Å². The molecule has 3 heterocycles. The van der Waals surface area contributed by atoms with E-state index in [4.69, 9.17) is 4.74 Å². The van der Waals surface area contributed by atoms with Gasteiger partial charge in [-0.15, -0.1) is 11.3 Å². The molecule has 0 aliphatic carbocycles. The number of ether oxygens (including phenoxy) is 1. The Kier molecular flexibility index (Phi) is 7.88. The zero-order valence-corrected chi connectivity index (χ0v) is 23.1. The van der Waals surface area contributed by atoms with E-state index in [1.165, 1.54) is 4.90 Å². The number of benzene rings is 1. The van der Waals surface area contributed by atoms with Crippen molar-refractivity contribution >= 4 is 28.9 Å². The number of likely N-dealkylation sites (tertiary alicyclic amines) is 1. The number of nitrogens with one attached hydrogen (secondary N) is 1. The Morgan fingerprint density at radius 2 is 1.92 bits per heavy atom. The Bertz CT molecular complexity index is 1150. The maximum atomic E-state index is 13.7. The number of nitrogens with zero attached hydrogens (tertiary/aromatic N) is 2. The number of aliphatic hydroxyl groups excluding tert-OH is 1. The second-order valence-electron chi connectivity index (χ2n) is 11.7. The molecule has 1 aromatic heterocycles. The van der Waals surface area contributed by atoms with Gasteiger partial charge in [-0.05, 0) is 30.4 Å². The lowest BCUT2D eigenvalue weighted by Gasteiger charge is -2.40. The molecule has 0 radical (unpaired) electrons. The molecule has 0 bridgehead atoms.